The fourth-order valence-electron chi connectivity index (χ4n) is 1.28. The van der Waals surface area contributed by atoms with Crippen molar-refractivity contribution in [1.82, 2.24) is 19.9 Å². The lowest BCUT2D eigenvalue weighted by molar-refractivity contribution is 0.269. The van der Waals surface area contributed by atoms with Gasteiger partial charge in [0.25, 0.3) is 0 Å². The Bertz CT molecular complexity index is 762. The zero-order valence-electron chi connectivity index (χ0n) is 15.8. The van der Waals surface area contributed by atoms with Crippen molar-refractivity contribution < 1.29 is 9.47 Å². The lowest BCUT2D eigenvalue weighted by Gasteiger charge is -1.98. The van der Waals surface area contributed by atoms with Gasteiger partial charge in [-0.15, -0.1) is 0 Å². The minimum absolute atomic E-state index is 0.144. The van der Waals surface area contributed by atoms with E-state index in [2.05, 4.69) is 35.9 Å². The number of hydrogen-bond donors (Lipinski definition) is 2. The van der Waals surface area contributed by atoms with Crippen LogP contribution in [0.25, 0.3) is 6.08 Å². The zero-order valence-corrected chi connectivity index (χ0v) is 18.9. The number of nitrogen functional groups attached to an aromatic ring is 2. The van der Waals surface area contributed by atoms with Gasteiger partial charge >= 0.3 is 0 Å². The van der Waals surface area contributed by atoms with Crippen LogP contribution in [0.4, 0.5) is 11.6 Å². The molecule has 0 aliphatic rings. The molecule has 0 fully saturated rings. The molecule has 2 rings (SSSR count). The molecule has 0 aliphatic carbocycles. The maximum Gasteiger partial charge on any atom is 0.224 e. The minimum Gasteiger partial charge on any atom is -0.502 e. The Hall–Kier alpha value is -2.10. The quantitative estimate of drug-likeness (QED) is 0.451. The number of nitrogens with two attached hydrogens (primary N) is 2. The fourth-order valence-corrected chi connectivity index (χ4v) is 1.75. The number of hydrogen-bond acceptors (Lipinski definition) is 8. The number of ether oxygens (including phenoxy) is 2. The third kappa shape index (κ3) is 12.3. The molecular weight excluding hydrogens is 471 g/mol. The molecule has 2 aromatic rings. The van der Waals surface area contributed by atoms with Gasteiger partial charge in [0, 0.05) is 18.0 Å². The summed E-state index contributed by atoms with van der Waals surface area (Å²) >= 11 is 14.0. The third-order valence-electron chi connectivity index (χ3n) is 2.47. The van der Waals surface area contributed by atoms with Crippen molar-refractivity contribution in [3.63, 3.8) is 0 Å². The van der Waals surface area contributed by atoms with Gasteiger partial charge in [0.2, 0.25) is 10.6 Å². The van der Waals surface area contributed by atoms with Crippen molar-refractivity contribution in [2.75, 3.05) is 24.7 Å². The maximum atomic E-state index is 5.56. The van der Waals surface area contributed by atoms with Crippen LogP contribution < -0.4 is 11.5 Å². The number of halogens is 3. The summed E-state index contributed by atoms with van der Waals surface area (Å²) in [6.45, 7) is 7.16. The molecule has 8 nitrogen and oxygen atoms in total. The van der Waals surface area contributed by atoms with E-state index < -0.39 is 0 Å². The van der Waals surface area contributed by atoms with Gasteiger partial charge in [-0.1, -0.05) is 6.08 Å². The molecule has 0 atom stereocenters. The van der Waals surface area contributed by atoms with Crippen LogP contribution >= 0.6 is 39.1 Å². The summed E-state index contributed by atoms with van der Waals surface area (Å²) in [4.78, 5) is 14.9. The summed E-state index contributed by atoms with van der Waals surface area (Å²) in [5.74, 6) is 0.700. The molecule has 0 aliphatic heterocycles. The van der Waals surface area contributed by atoms with E-state index in [0.717, 1.165) is 6.61 Å². The molecule has 0 amide bonds. The van der Waals surface area contributed by atoms with Gasteiger partial charge in [0.05, 0.1) is 30.2 Å². The van der Waals surface area contributed by atoms with E-state index >= 15 is 0 Å². The Kier molecular flexibility index (Phi) is 14.7. The van der Waals surface area contributed by atoms with E-state index in [1.54, 1.807) is 24.8 Å². The summed E-state index contributed by atoms with van der Waals surface area (Å²) in [7, 11) is 0. The van der Waals surface area contributed by atoms with E-state index in [4.69, 9.17) is 44.1 Å². The Morgan fingerprint density at radius 3 is 1.93 bits per heavy atom. The van der Waals surface area contributed by atoms with Crippen molar-refractivity contribution in [1.29, 1.82) is 0 Å². The van der Waals surface area contributed by atoms with E-state index in [1.807, 2.05) is 26.8 Å². The second kappa shape index (κ2) is 15.9. The molecule has 0 unspecified atom stereocenters. The van der Waals surface area contributed by atoms with Gasteiger partial charge in [0.1, 0.15) is 11.6 Å². The second-order valence-electron chi connectivity index (χ2n) is 4.53. The van der Waals surface area contributed by atoms with Crippen molar-refractivity contribution in [2.45, 2.75) is 20.8 Å². The van der Waals surface area contributed by atoms with Crippen molar-refractivity contribution in [2.24, 2.45) is 0 Å². The SMILES string of the molecule is C/C=C/OCC.CCO/C=C/c1cnc(Cl)nc1N.Nc1nc(Cl)ncc1Br. The number of allylic oxidation sites excluding steroid dienone is 1. The first-order valence-electron chi connectivity index (χ1n) is 8.08. The highest BCUT2D eigenvalue weighted by molar-refractivity contribution is 9.10. The van der Waals surface area contributed by atoms with Crippen LogP contribution in [0.2, 0.25) is 10.6 Å². The molecule has 0 spiro atoms. The minimum atomic E-state index is 0.144. The van der Waals surface area contributed by atoms with Crippen LogP contribution in [-0.2, 0) is 9.47 Å². The molecule has 0 saturated heterocycles. The molecule has 4 N–H and O–H groups in total. The van der Waals surface area contributed by atoms with Crippen LogP contribution in [0.3, 0.4) is 0 Å². The van der Waals surface area contributed by atoms with Crippen LogP contribution in [0.15, 0.2) is 35.5 Å². The molecule has 28 heavy (non-hydrogen) atoms. The second-order valence-corrected chi connectivity index (χ2v) is 6.07. The highest BCUT2D eigenvalue weighted by Crippen LogP contribution is 2.15. The Labute approximate surface area is 183 Å². The van der Waals surface area contributed by atoms with Crippen LogP contribution in [0, 0.1) is 0 Å². The van der Waals surface area contributed by atoms with Gasteiger partial charge in [-0.3, -0.25) is 0 Å². The smallest absolute Gasteiger partial charge is 0.224 e. The van der Waals surface area contributed by atoms with E-state index in [9.17, 15) is 0 Å². The monoisotopic (exact) mass is 492 g/mol. The number of aromatic nitrogens is 4. The normalized spacial score (nSPS) is 10.1. The van der Waals surface area contributed by atoms with Crippen LogP contribution in [0.1, 0.15) is 26.3 Å². The summed E-state index contributed by atoms with van der Waals surface area (Å²) in [6.07, 6.45) is 9.83. The fraction of sp³-hybridized carbons (Fsp3) is 0.294. The molecule has 11 heteroatoms. The van der Waals surface area contributed by atoms with Crippen molar-refractivity contribution in [3.8, 4) is 0 Å². The Balaban J connectivity index is 0.000000423. The molecule has 2 heterocycles. The highest BCUT2D eigenvalue weighted by Gasteiger charge is 1.98. The number of nitrogens with zero attached hydrogens (tertiary/aromatic N) is 4. The first-order chi connectivity index (χ1) is 13.3. The van der Waals surface area contributed by atoms with Crippen molar-refractivity contribution in [3.05, 3.63) is 51.6 Å². The van der Waals surface area contributed by atoms with E-state index in [0.29, 0.717) is 28.3 Å². The molecule has 2 aromatic heterocycles. The number of rotatable bonds is 5. The Morgan fingerprint density at radius 1 is 0.964 bits per heavy atom. The first kappa shape index (κ1) is 25.9. The molecule has 0 saturated carbocycles. The van der Waals surface area contributed by atoms with E-state index in [-0.39, 0.29) is 10.6 Å². The zero-order chi connectivity index (χ0) is 21.4. The predicted molar refractivity (Wildman–Crippen MR) is 118 cm³/mol. The molecule has 0 aromatic carbocycles. The van der Waals surface area contributed by atoms with Crippen LogP contribution in [0.5, 0.6) is 0 Å². The molecule has 0 radical (unpaired) electrons. The first-order valence-corrected chi connectivity index (χ1v) is 9.62. The van der Waals surface area contributed by atoms with Crippen molar-refractivity contribution >= 4 is 56.8 Å². The highest BCUT2D eigenvalue weighted by atomic mass is 79.9. The van der Waals surface area contributed by atoms with Gasteiger partial charge < -0.3 is 20.9 Å². The summed E-state index contributed by atoms with van der Waals surface area (Å²) in [6, 6.07) is 0. The summed E-state index contributed by atoms with van der Waals surface area (Å²) < 4.78 is 10.5. The topological polar surface area (TPSA) is 122 Å². The largest absolute Gasteiger partial charge is 0.502 e. The van der Waals surface area contributed by atoms with E-state index in [1.165, 1.54) is 6.20 Å². The van der Waals surface area contributed by atoms with Gasteiger partial charge in [-0.2, -0.15) is 4.98 Å². The molecule has 0 bridgehead atoms. The maximum absolute atomic E-state index is 5.56. The van der Waals surface area contributed by atoms with Gasteiger partial charge in [0.15, 0.2) is 0 Å². The van der Waals surface area contributed by atoms with Gasteiger partial charge in [-0.25, -0.2) is 15.0 Å². The average molecular weight is 494 g/mol. The summed E-state index contributed by atoms with van der Waals surface area (Å²) in [5.41, 5.74) is 11.6. The standard InChI is InChI=1S/C8H10ClN3O.C5H10O.C4H3BrClN3/c1-2-13-4-3-6-5-11-8(9)12-7(6)10;1-3-5-6-4-2;5-2-1-8-4(6)9-3(2)7/h3-5H,2H2,1H3,(H2,10,11,12);3,5H,4H2,1-2H3;1H,(H2,7,8,9)/b4-3+;5-3+;. The third-order valence-corrected chi connectivity index (χ3v) is 3.45. The Morgan fingerprint density at radius 2 is 1.50 bits per heavy atom. The molecule has 154 valence electrons. The average Bonchev–Trinajstić information content (AvgIpc) is 2.66. The van der Waals surface area contributed by atoms with Gasteiger partial charge in [-0.05, 0) is 66.0 Å². The molecular formula is C17H23BrCl2N6O2. The number of anilines is 2. The predicted octanol–water partition coefficient (Wildman–Crippen LogP) is 4.75. The lowest BCUT2D eigenvalue weighted by atomic mass is 10.3. The summed E-state index contributed by atoms with van der Waals surface area (Å²) in [5, 5.41) is 0.307. The van der Waals surface area contributed by atoms with Crippen LogP contribution in [-0.4, -0.2) is 33.1 Å². The lowest BCUT2D eigenvalue weighted by Crippen LogP contribution is -1.95.